The van der Waals surface area contributed by atoms with Crippen molar-refractivity contribution in [1.29, 1.82) is 0 Å². The molecule has 1 unspecified atom stereocenters. The minimum absolute atomic E-state index is 0.272. The molecule has 1 atom stereocenters. The van der Waals surface area contributed by atoms with Gasteiger partial charge in [0.15, 0.2) is 0 Å². The molecule has 0 radical (unpaired) electrons. The maximum absolute atomic E-state index is 2.70. The summed E-state index contributed by atoms with van der Waals surface area (Å²) in [5.74, 6) is 0. The number of aryl methyl sites for hydroxylation is 2. The first-order chi connectivity index (χ1) is 28.8. The van der Waals surface area contributed by atoms with E-state index in [0.717, 1.165) is 51.6 Å². The molecule has 0 N–H and O–H groups in total. The van der Waals surface area contributed by atoms with Crippen molar-refractivity contribution in [2.75, 3.05) is 22.9 Å². The van der Waals surface area contributed by atoms with E-state index in [1.54, 1.807) is 0 Å². The fraction of sp³-hybridized carbons (Fsp3) is 0.179. The Balaban J connectivity index is 1.22. The van der Waals surface area contributed by atoms with E-state index in [9.17, 15) is 0 Å². The third-order valence-electron chi connectivity index (χ3n) is 13.0. The van der Waals surface area contributed by atoms with Gasteiger partial charge >= 0.3 is 0 Å². The van der Waals surface area contributed by atoms with Crippen LogP contribution in [0.25, 0.3) is 61.9 Å². The Hall–Kier alpha value is -6.38. The summed E-state index contributed by atoms with van der Waals surface area (Å²) in [5.41, 5.74) is 17.4. The maximum atomic E-state index is 2.70. The van der Waals surface area contributed by atoms with Crippen molar-refractivity contribution in [3.8, 4) is 33.4 Å². The lowest BCUT2D eigenvalue weighted by Gasteiger charge is -2.37. The van der Waals surface area contributed by atoms with Crippen LogP contribution in [-0.4, -0.2) is 19.1 Å². The first-order valence-corrected chi connectivity index (χ1v) is 21.4. The van der Waals surface area contributed by atoms with Crippen LogP contribution >= 0.6 is 0 Å². The Morgan fingerprint density at radius 3 is 1.88 bits per heavy atom. The van der Waals surface area contributed by atoms with E-state index in [1.165, 1.54) is 100 Å². The molecule has 0 saturated heterocycles. The fourth-order valence-corrected chi connectivity index (χ4v) is 10.3. The quantitative estimate of drug-likeness (QED) is 0.167. The summed E-state index contributed by atoms with van der Waals surface area (Å²) in [6.07, 6.45) is 20.0. The van der Waals surface area contributed by atoms with Gasteiger partial charge in [-0.25, -0.2) is 0 Å². The zero-order chi connectivity index (χ0) is 38.4. The van der Waals surface area contributed by atoms with Crippen LogP contribution < -0.4 is 20.2 Å². The molecule has 2 aliphatic heterocycles. The van der Waals surface area contributed by atoms with Crippen molar-refractivity contribution in [3.63, 3.8) is 0 Å². The molecule has 0 spiro atoms. The molecule has 7 aromatic rings. The van der Waals surface area contributed by atoms with Gasteiger partial charge in [0, 0.05) is 30.2 Å². The van der Waals surface area contributed by atoms with Gasteiger partial charge in [-0.15, -0.1) is 0 Å². The Kier molecular flexibility index (Phi) is 8.92. The summed E-state index contributed by atoms with van der Waals surface area (Å²) in [6.45, 7) is 2.11. The Morgan fingerprint density at radius 2 is 1.16 bits per heavy atom. The highest BCUT2D eigenvalue weighted by molar-refractivity contribution is 6.06. The third-order valence-corrected chi connectivity index (χ3v) is 13.0. The molecular weight excluding hydrogens is 701 g/mol. The maximum Gasteiger partial charge on any atom is 0.0517 e. The smallest absolute Gasteiger partial charge is 0.0517 e. The van der Waals surface area contributed by atoms with Crippen LogP contribution in [0.1, 0.15) is 48.8 Å². The molecule has 4 aliphatic rings. The molecule has 2 nitrogen and oxygen atoms in total. The summed E-state index contributed by atoms with van der Waals surface area (Å²) in [5, 5.41) is 5.45. The number of nitrogens with zero attached hydrogens (tertiary/aromatic N) is 2. The molecule has 58 heavy (non-hydrogen) atoms. The van der Waals surface area contributed by atoms with Crippen LogP contribution in [-0.2, 0) is 12.8 Å². The number of para-hydroxylation sites is 2. The van der Waals surface area contributed by atoms with Crippen molar-refractivity contribution in [3.05, 3.63) is 191 Å². The Bertz CT molecular complexity index is 2820. The number of hydrogen-bond acceptors (Lipinski definition) is 2. The highest BCUT2D eigenvalue weighted by Crippen LogP contribution is 2.41. The number of benzene rings is 7. The molecule has 282 valence electrons. The summed E-state index contributed by atoms with van der Waals surface area (Å²) in [6, 6.07) is 55.0. The molecule has 0 bridgehead atoms. The average Bonchev–Trinajstić information content (AvgIpc) is 3.30. The van der Waals surface area contributed by atoms with Gasteiger partial charge < -0.3 is 9.80 Å². The molecule has 11 rings (SSSR count). The molecular formula is C56H48N2. The monoisotopic (exact) mass is 748 g/mol. The summed E-state index contributed by atoms with van der Waals surface area (Å²) in [4.78, 5) is 5.26. The van der Waals surface area contributed by atoms with Crippen LogP contribution in [0, 0.1) is 0 Å². The zero-order valence-corrected chi connectivity index (χ0v) is 33.1. The fourth-order valence-electron chi connectivity index (χ4n) is 10.3. The van der Waals surface area contributed by atoms with Crippen LogP contribution in [0.2, 0.25) is 0 Å². The van der Waals surface area contributed by atoms with Gasteiger partial charge in [0.1, 0.15) is 0 Å². The molecule has 0 amide bonds. The average molecular weight is 749 g/mol. The van der Waals surface area contributed by atoms with E-state index in [0.29, 0.717) is 0 Å². The molecule has 2 heteroatoms. The minimum atomic E-state index is 0.272. The molecule has 2 heterocycles. The van der Waals surface area contributed by atoms with Crippen molar-refractivity contribution in [2.45, 2.75) is 51.0 Å². The number of fused-ring (bicyclic) bond motifs is 4. The highest BCUT2D eigenvalue weighted by Gasteiger charge is 2.27. The standard InChI is InChI=1S/C56H48N2/c1-4-16-39(17-5-1)44-34-45(40-18-6-2-7-19-40)36-46(35-44)56-50-31-29-47(57-32-14-24-41-20-10-12-26-53(41)57)37-51(50)55(43-22-8-3-9-23-43)49-30-28-48(38-52(49)56)58-33-15-25-42-21-11-13-27-54(42)58/h1-8,10-13,16-22,26-27,29-31,34-38,48H,9,14-15,23-25,28,32-33H2. The number of rotatable bonds is 6. The Labute approximate surface area is 342 Å². The first-order valence-electron chi connectivity index (χ1n) is 21.4. The van der Waals surface area contributed by atoms with Crippen molar-refractivity contribution in [2.24, 2.45) is 0 Å². The van der Waals surface area contributed by atoms with E-state index in [4.69, 9.17) is 0 Å². The lowest BCUT2D eigenvalue weighted by Crippen LogP contribution is -2.44. The summed E-state index contributed by atoms with van der Waals surface area (Å²) >= 11 is 0. The second-order valence-corrected chi connectivity index (χ2v) is 16.5. The molecule has 0 fully saturated rings. The van der Waals surface area contributed by atoms with Gasteiger partial charge in [-0.2, -0.15) is 0 Å². The SMILES string of the molecule is C1=CCCC(c2c3c(c(-c4cc(-c5ccccc5)cc(-c5ccccc5)c4)c4ccc(N5CCCc6ccccc65)cc24)=CC(N2CCCc4ccccc42)CC=3)=C1. The number of hydrogen-bond donors (Lipinski definition) is 0. The van der Waals surface area contributed by atoms with Gasteiger partial charge in [-0.05, 0) is 164 Å². The van der Waals surface area contributed by atoms with Crippen LogP contribution in [0.5, 0.6) is 0 Å². The minimum Gasteiger partial charge on any atom is -0.365 e. The predicted molar refractivity (Wildman–Crippen MR) is 247 cm³/mol. The lowest BCUT2D eigenvalue weighted by molar-refractivity contribution is 0.651. The molecule has 7 aromatic carbocycles. The molecule has 0 aromatic heterocycles. The van der Waals surface area contributed by atoms with Gasteiger partial charge in [-0.1, -0.05) is 134 Å². The van der Waals surface area contributed by atoms with Crippen LogP contribution in [0.15, 0.2) is 164 Å². The van der Waals surface area contributed by atoms with Gasteiger partial charge in [0.2, 0.25) is 0 Å². The second-order valence-electron chi connectivity index (χ2n) is 16.5. The van der Waals surface area contributed by atoms with Crippen molar-refractivity contribution >= 4 is 45.6 Å². The number of anilines is 3. The number of allylic oxidation sites excluding steroid dienone is 4. The zero-order valence-electron chi connectivity index (χ0n) is 33.1. The van der Waals surface area contributed by atoms with Crippen molar-refractivity contribution in [1.82, 2.24) is 0 Å². The normalized spacial score (nSPS) is 17.1. The van der Waals surface area contributed by atoms with E-state index in [-0.39, 0.29) is 6.04 Å². The second kappa shape index (κ2) is 14.8. The van der Waals surface area contributed by atoms with E-state index in [2.05, 4.69) is 186 Å². The van der Waals surface area contributed by atoms with Crippen LogP contribution in [0.3, 0.4) is 0 Å². The van der Waals surface area contributed by atoms with E-state index >= 15 is 0 Å². The largest absolute Gasteiger partial charge is 0.365 e. The highest BCUT2D eigenvalue weighted by atomic mass is 15.2. The lowest BCUT2D eigenvalue weighted by atomic mass is 9.82. The topological polar surface area (TPSA) is 6.48 Å². The van der Waals surface area contributed by atoms with E-state index in [1.807, 2.05) is 0 Å². The Morgan fingerprint density at radius 1 is 0.500 bits per heavy atom. The summed E-state index contributed by atoms with van der Waals surface area (Å²) < 4.78 is 0. The first kappa shape index (κ1) is 34.8. The predicted octanol–water partition coefficient (Wildman–Crippen LogP) is 12.4. The van der Waals surface area contributed by atoms with Crippen molar-refractivity contribution < 1.29 is 0 Å². The third kappa shape index (κ3) is 6.19. The van der Waals surface area contributed by atoms with E-state index < -0.39 is 0 Å². The van der Waals surface area contributed by atoms with Gasteiger partial charge in [-0.3, -0.25) is 0 Å². The van der Waals surface area contributed by atoms with Gasteiger partial charge in [0.25, 0.3) is 0 Å². The summed E-state index contributed by atoms with van der Waals surface area (Å²) in [7, 11) is 0. The van der Waals surface area contributed by atoms with Gasteiger partial charge in [0.05, 0.1) is 6.04 Å². The van der Waals surface area contributed by atoms with Crippen LogP contribution in [0.4, 0.5) is 17.1 Å². The molecule has 2 aliphatic carbocycles. The molecule has 0 saturated carbocycles.